The molecule has 0 radical (unpaired) electrons. The zero-order chi connectivity index (χ0) is 13.7. The number of furan rings is 1. The first-order chi connectivity index (χ1) is 9.22. The molecule has 102 valence electrons. The van der Waals surface area contributed by atoms with Gasteiger partial charge in [0.15, 0.2) is 0 Å². The van der Waals surface area contributed by atoms with Gasteiger partial charge in [0.25, 0.3) is 5.91 Å². The fraction of sp³-hybridized carbons (Fsp3) is 0.400. The molecule has 0 aliphatic heterocycles. The van der Waals surface area contributed by atoms with Crippen LogP contribution in [-0.4, -0.2) is 17.8 Å². The molecule has 1 aromatic carbocycles. The molecule has 0 saturated heterocycles. The molecule has 3 nitrogen and oxygen atoms in total. The molecule has 0 aliphatic carbocycles. The lowest BCUT2D eigenvalue weighted by atomic mass is 10.1. The fourth-order valence-corrected chi connectivity index (χ4v) is 2.30. The van der Waals surface area contributed by atoms with E-state index in [0.29, 0.717) is 18.0 Å². The number of carbonyl (C=O) groups excluding carboxylic acids is 1. The third-order valence-corrected chi connectivity index (χ3v) is 4.25. The summed E-state index contributed by atoms with van der Waals surface area (Å²) in [6.07, 6.45) is 3.63. The number of carbonyl (C=O) groups is 1. The van der Waals surface area contributed by atoms with Crippen molar-refractivity contribution in [2.24, 2.45) is 5.92 Å². The summed E-state index contributed by atoms with van der Waals surface area (Å²) in [6, 6.07) is 7.58. The predicted molar refractivity (Wildman–Crippen MR) is 80.7 cm³/mol. The van der Waals surface area contributed by atoms with Crippen LogP contribution in [0.1, 0.15) is 30.1 Å². The molecule has 0 spiro atoms. The Kier molecular flexibility index (Phi) is 5.02. The highest BCUT2D eigenvalue weighted by Crippen LogP contribution is 2.20. The van der Waals surface area contributed by atoms with E-state index >= 15 is 0 Å². The van der Waals surface area contributed by atoms with Gasteiger partial charge < -0.3 is 9.73 Å². The Bertz CT molecular complexity index is 550. The summed E-state index contributed by atoms with van der Waals surface area (Å²) in [5.41, 5.74) is 1.37. The maximum absolute atomic E-state index is 12.1. The molecule has 1 N–H and O–H groups in total. The van der Waals surface area contributed by atoms with Gasteiger partial charge in [-0.2, -0.15) is 0 Å². The van der Waals surface area contributed by atoms with Gasteiger partial charge in [0.2, 0.25) is 0 Å². The molecule has 0 fully saturated rings. The summed E-state index contributed by atoms with van der Waals surface area (Å²) in [7, 11) is 0. The van der Waals surface area contributed by atoms with Gasteiger partial charge in [-0.15, -0.1) is 0 Å². The van der Waals surface area contributed by atoms with Crippen molar-refractivity contribution < 1.29 is 9.21 Å². The molecule has 1 unspecified atom stereocenters. The Morgan fingerprint density at radius 2 is 2.21 bits per heavy atom. The monoisotopic (exact) mass is 323 g/mol. The first kappa shape index (κ1) is 14.1. The lowest BCUT2D eigenvalue weighted by Gasteiger charge is -2.07. The Morgan fingerprint density at radius 1 is 1.42 bits per heavy atom. The molecule has 2 rings (SSSR count). The minimum Gasteiger partial charge on any atom is -0.463 e. The normalized spacial score (nSPS) is 12.5. The second-order valence-electron chi connectivity index (χ2n) is 4.80. The van der Waals surface area contributed by atoms with Gasteiger partial charge in [-0.05, 0) is 24.8 Å². The predicted octanol–water partition coefficient (Wildman–Crippen LogP) is 3.97. The van der Waals surface area contributed by atoms with Gasteiger partial charge in [0, 0.05) is 17.3 Å². The number of alkyl halides is 1. The number of nitrogens with one attached hydrogen (secondary N) is 1. The maximum atomic E-state index is 12.1. The van der Waals surface area contributed by atoms with Gasteiger partial charge in [-0.3, -0.25) is 4.79 Å². The van der Waals surface area contributed by atoms with E-state index in [4.69, 9.17) is 4.42 Å². The number of fused-ring (bicyclic) bond motifs is 1. The van der Waals surface area contributed by atoms with Crippen LogP contribution in [0.3, 0.4) is 0 Å². The quantitative estimate of drug-likeness (QED) is 0.645. The Hall–Kier alpha value is -1.29. The van der Waals surface area contributed by atoms with Gasteiger partial charge in [-0.1, -0.05) is 41.1 Å². The van der Waals surface area contributed by atoms with Crippen LogP contribution in [0.15, 0.2) is 34.9 Å². The van der Waals surface area contributed by atoms with Crippen LogP contribution >= 0.6 is 15.9 Å². The Balaban J connectivity index is 1.90. The molecule has 0 aliphatic rings. The number of halogens is 1. The van der Waals surface area contributed by atoms with Crippen LogP contribution < -0.4 is 5.32 Å². The van der Waals surface area contributed by atoms with Crippen LogP contribution in [0.4, 0.5) is 0 Å². The SMILES string of the molecule is CC(CBr)CCCNC(=O)c1coc2ccccc12. The lowest BCUT2D eigenvalue weighted by Crippen LogP contribution is -2.24. The van der Waals surface area contributed by atoms with E-state index in [9.17, 15) is 4.79 Å². The van der Waals surface area contributed by atoms with Crippen molar-refractivity contribution in [1.29, 1.82) is 0 Å². The largest absolute Gasteiger partial charge is 0.463 e. The number of amides is 1. The van der Waals surface area contributed by atoms with Gasteiger partial charge in [-0.25, -0.2) is 0 Å². The van der Waals surface area contributed by atoms with E-state index in [0.717, 1.165) is 29.1 Å². The molecule has 19 heavy (non-hydrogen) atoms. The van der Waals surface area contributed by atoms with Crippen molar-refractivity contribution in [3.05, 3.63) is 36.1 Å². The molecule has 2 aromatic rings. The van der Waals surface area contributed by atoms with Crippen molar-refractivity contribution in [1.82, 2.24) is 5.32 Å². The highest BCUT2D eigenvalue weighted by atomic mass is 79.9. The number of hydrogen-bond donors (Lipinski definition) is 1. The Labute approximate surface area is 121 Å². The van der Waals surface area contributed by atoms with Crippen molar-refractivity contribution in [3.8, 4) is 0 Å². The topological polar surface area (TPSA) is 42.2 Å². The van der Waals surface area contributed by atoms with Crippen molar-refractivity contribution in [2.75, 3.05) is 11.9 Å². The smallest absolute Gasteiger partial charge is 0.255 e. The second kappa shape index (κ2) is 6.75. The van der Waals surface area contributed by atoms with Crippen LogP contribution in [0.25, 0.3) is 11.0 Å². The second-order valence-corrected chi connectivity index (χ2v) is 5.45. The third-order valence-electron chi connectivity index (χ3n) is 3.15. The lowest BCUT2D eigenvalue weighted by molar-refractivity contribution is 0.0953. The Morgan fingerprint density at radius 3 is 3.00 bits per heavy atom. The average molecular weight is 324 g/mol. The maximum Gasteiger partial charge on any atom is 0.255 e. The highest BCUT2D eigenvalue weighted by molar-refractivity contribution is 9.09. The van der Waals surface area contributed by atoms with E-state index in [1.54, 1.807) is 0 Å². The average Bonchev–Trinajstić information content (AvgIpc) is 2.87. The van der Waals surface area contributed by atoms with Crippen molar-refractivity contribution in [3.63, 3.8) is 0 Å². The third kappa shape index (κ3) is 3.60. The van der Waals surface area contributed by atoms with Crippen molar-refractivity contribution in [2.45, 2.75) is 19.8 Å². The first-order valence-corrected chi connectivity index (χ1v) is 7.65. The number of rotatable bonds is 6. The molecule has 1 aromatic heterocycles. The molecule has 0 bridgehead atoms. The van der Waals surface area contributed by atoms with Gasteiger partial charge >= 0.3 is 0 Å². The molecule has 4 heteroatoms. The summed E-state index contributed by atoms with van der Waals surface area (Å²) in [5.74, 6) is 0.586. The van der Waals surface area contributed by atoms with E-state index in [1.165, 1.54) is 6.26 Å². The molecular weight excluding hydrogens is 306 g/mol. The number of hydrogen-bond acceptors (Lipinski definition) is 2. The summed E-state index contributed by atoms with van der Waals surface area (Å²) in [4.78, 5) is 12.1. The minimum absolute atomic E-state index is 0.0588. The van der Waals surface area contributed by atoms with Gasteiger partial charge in [0.1, 0.15) is 11.8 Å². The zero-order valence-electron chi connectivity index (χ0n) is 11.0. The summed E-state index contributed by atoms with van der Waals surface area (Å²) < 4.78 is 5.37. The van der Waals surface area contributed by atoms with Crippen LogP contribution in [-0.2, 0) is 0 Å². The molecule has 1 atom stereocenters. The molecular formula is C15H18BrNO2. The molecule has 1 heterocycles. The first-order valence-electron chi connectivity index (χ1n) is 6.52. The van der Waals surface area contributed by atoms with E-state index in [2.05, 4.69) is 28.2 Å². The van der Waals surface area contributed by atoms with Crippen LogP contribution in [0.5, 0.6) is 0 Å². The zero-order valence-corrected chi connectivity index (χ0v) is 12.6. The standard InChI is InChI=1S/C15H18BrNO2/c1-11(9-16)5-4-8-17-15(18)13-10-19-14-7-3-2-6-12(13)14/h2-3,6-7,10-11H,4-5,8-9H2,1H3,(H,17,18). The highest BCUT2D eigenvalue weighted by Gasteiger charge is 2.12. The number of benzene rings is 1. The minimum atomic E-state index is -0.0588. The number of para-hydroxylation sites is 1. The van der Waals surface area contributed by atoms with E-state index in [-0.39, 0.29) is 5.91 Å². The summed E-state index contributed by atoms with van der Waals surface area (Å²) >= 11 is 3.45. The van der Waals surface area contributed by atoms with Crippen LogP contribution in [0.2, 0.25) is 0 Å². The van der Waals surface area contributed by atoms with Crippen LogP contribution in [0, 0.1) is 5.92 Å². The molecule has 0 saturated carbocycles. The van der Waals surface area contributed by atoms with E-state index < -0.39 is 0 Å². The van der Waals surface area contributed by atoms with Crippen molar-refractivity contribution >= 4 is 32.8 Å². The fourth-order valence-electron chi connectivity index (χ4n) is 1.98. The van der Waals surface area contributed by atoms with E-state index in [1.807, 2.05) is 24.3 Å². The van der Waals surface area contributed by atoms with Gasteiger partial charge in [0.05, 0.1) is 5.56 Å². The summed E-state index contributed by atoms with van der Waals surface area (Å²) in [5, 5.41) is 4.82. The summed E-state index contributed by atoms with van der Waals surface area (Å²) in [6.45, 7) is 2.90. The molecule has 1 amide bonds.